The van der Waals surface area contributed by atoms with Crippen molar-refractivity contribution in [3.05, 3.63) is 51.9 Å². The Morgan fingerprint density at radius 3 is 3.11 bits per heavy atom. The number of aryl methyl sites for hydroxylation is 1. The van der Waals surface area contributed by atoms with Crippen molar-refractivity contribution in [2.45, 2.75) is 31.8 Å². The predicted molar refractivity (Wildman–Crippen MR) is 72.8 cm³/mol. The Morgan fingerprint density at radius 2 is 2.21 bits per heavy atom. The Hall–Kier alpha value is -2.03. The summed E-state index contributed by atoms with van der Waals surface area (Å²) < 4.78 is 11.4. The molecule has 19 heavy (non-hydrogen) atoms. The Morgan fingerprint density at radius 1 is 1.32 bits per heavy atom. The van der Waals surface area contributed by atoms with E-state index in [1.165, 1.54) is 0 Å². The molecule has 1 aliphatic carbocycles. The molecule has 2 heterocycles. The zero-order chi connectivity index (χ0) is 13.0. The zero-order valence-electron chi connectivity index (χ0n) is 10.7. The molecule has 2 atom stereocenters. The summed E-state index contributed by atoms with van der Waals surface area (Å²) in [6.07, 6.45) is 6.48. The fourth-order valence-corrected chi connectivity index (χ4v) is 3.22. The van der Waals surface area contributed by atoms with Gasteiger partial charge < -0.3 is 9.15 Å². The molecule has 0 amide bonds. The summed E-state index contributed by atoms with van der Waals surface area (Å²) in [6, 6.07) is 5.52. The van der Waals surface area contributed by atoms with Crippen molar-refractivity contribution in [2.24, 2.45) is 0 Å². The van der Waals surface area contributed by atoms with E-state index in [4.69, 9.17) is 9.15 Å². The van der Waals surface area contributed by atoms with Crippen LogP contribution in [0.2, 0.25) is 0 Å². The van der Waals surface area contributed by atoms with Crippen LogP contribution < -0.4 is 10.4 Å². The van der Waals surface area contributed by atoms with Crippen LogP contribution >= 0.6 is 0 Å². The molecule has 0 bridgehead atoms. The second-order valence-corrected chi connectivity index (χ2v) is 5.30. The predicted octanol–water partition coefficient (Wildman–Crippen LogP) is 3.30. The van der Waals surface area contributed by atoms with Crippen molar-refractivity contribution in [1.82, 2.24) is 0 Å². The fraction of sp³-hybridized carbons (Fsp3) is 0.312. The highest BCUT2D eigenvalue weighted by Gasteiger charge is 2.36. The van der Waals surface area contributed by atoms with Gasteiger partial charge in [-0.1, -0.05) is 6.08 Å². The number of rotatable bonds is 0. The third-order valence-corrected chi connectivity index (χ3v) is 4.12. The third-order valence-electron chi connectivity index (χ3n) is 4.12. The number of hydrogen-bond acceptors (Lipinski definition) is 3. The summed E-state index contributed by atoms with van der Waals surface area (Å²) >= 11 is 0. The minimum atomic E-state index is -0.284. The summed E-state index contributed by atoms with van der Waals surface area (Å²) in [4.78, 5) is 11.6. The van der Waals surface area contributed by atoms with Gasteiger partial charge in [-0.3, -0.25) is 0 Å². The van der Waals surface area contributed by atoms with Gasteiger partial charge in [0.1, 0.15) is 17.4 Å². The maximum absolute atomic E-state index is 11.6. The van der Waals surface area contributed by atoms with Gasteiger partial charge in [0.2, 0.25) is 0 Å². The second kappa shape index (κ2) is 3.73. The van der Waals surface area contributed by atoms with E-state index in [0.717, 1.165) is 35.1 Å². The SMILES string of the molecule is Cc1cc(=O)oc2c3c(ccc12)O[C@H]1C=CCC[C@@H]31. The first-order valence-corrected chi connectivity index (χ1v) is 6.65. The van der Waals surface area contributed by atoms with E-state index >= 15 is 0 Å². The molecule has 0 N–H and O–H groups in total. The monoisotopic (exact) mass is 254 g/mol. The molecule has 0 spiro atoms. The van der Waals surface area contributed by atoms with Crippen LogP contribution in [0.1, 0.15) is 29.9 Å². The number of hydrogen-bond donors (Lipinski definition) is 0. The van der Waals surface area contributed by atoms with Crippen molar-refractivity contribution in [3.63, 3.8) is 0 Å². The highest BCUT2D eigenvalue weighted by atomic mass is 16.5. The van der Waals surface area contributed by atoms with Crippen LogP contribution in [0.4, 0.5) is 0 Å². The first kappa shape index (κ1) is 10.9. The van der Waals surface area contributed by atoms with E-state index in [2.05, 4.69) is 12.2 Å². The van der Waals surface area contributed by atoms with Crippen molar-refractivity contribution < 1.29 is 9.15 Å². The van der Waals surface area contributed by atoms with Crippen molar-refractivity contribution in [3.8, 4) is 5.75 Å². The van der Waals surface area contributed by atoms with Crippen molar-refractivity contribution in [2.75, 3.05) is 0 Å². The molecule has 2 aliphatic rings. The van der Waals surface area contributed by atoms with Gasteiger partial charge in [-0.05, 0) is 43.5 Å². The molecule has 0 radical (unpaired) electrons. The van der Waals surface area contributed by atoms with E-state index in [9.17, 15) is 4.79 Å². The first-order chi connectivity index (χ1) is 9.24. The van der Waals surface area contributed by atoms with E-state index in [-0.39, 0.29) is 11.7 Å². The molecule has 0 fully saturated rings. The molecular formula is C16H14O3. The van der Waals surface area contributed by atoms with Crippen LogP contribution in [0.5, 0.6) is 5.75 Å². The first-order valence-electron chi connectivity index (χ1n) is 6.65. The van der Waals surface area contributed by atoms with Crippen LogP contribution in [0, 0.1) is 6.92 Å². The Kier molecular flexibility index (Phi) is 2.13. The van der Waals surface area contributed by atoms with Gasteiger partial charge >= 0.3 is 5.63 Å². The molecule has 1 aliphatic heterocycles. The standard InChI is InChI=1S/C16H14O3/c1-9-8-14(17)19-16-10(9)6-7-13-15(16)11-4-2-3-5-12(11)18-13/h3,5-8,11-12H,2,4H2,1H3/t11-,12+/m1/s1. The van der Waals surface area contributed by atoms with Crippen molar-refractivity contribution in [1.29, 1.82) is 0 Å². The van der Waals surface area contributed by atoms with Gasteiger partial charge in [-0.2, -0.15) is 0 Å². The molecule has 96 valence electrons. The average Bonchev–Trinajstić information content (AvgIpc) is 2.77. The summed E-state index contributed by atoms with van der Waals surface area (Å²) in [7, 11) is 0. The second-order valence-electron chi connectivity index (χ2n) is 5.30. The van der Waals surface area contributed by atoms with Crippen LogP contribution in [-0.2, 0) is 0 Å². The average molecular weight is 254 g/mol. The van der Waals surface area contributed by atoms with E-state index < -0.39 is 0 Å². The van der Waals surface area contributed by atoms with Crippen LogP contribution in [0.25, 0.3) is 11.0 Å². The maximum atomic E-state index is 11.6. The van der Waals surface area contributed by atoms with Gasteiger partial charge in [0.15, 0.2) is 0 Å². The lowest BCUT2D eigenvalue weighted by atomic mass is 9.86. The Balaban J connectivity index is 2.06. The lowest BCUT2D eigenvalue weighted by Crippen LogP contribution is -2.18. The smallest absolute Gasteiger partial charge is 0.336 e. The van der Waals surface area contributed by atoms with Crippen LogP contribution in [0.15, 0.2) is 39.6 Å². The van der Waals surface area contributed by atoms with Gasteiger partial charge in [0.05, 0.1) is 0 Å². The summed E-state index contributed by atoms with van der Waals surface area (Å²) in [5, 5.41) is 1.01. The zero-order valence-corrected chi connectivity index (χ0v) is 10.7. The number of allylic oxidation sites excluding steroid dienone is 1. The summed E-state index contributed by atoms with van der Waals surface area (Å²) in [5.41, 5.74) is 2.47. The number of ether oxygens (including phenoxy) is 1. The lowest BCUT2D eigenvalue weighted by Gasteiger charge is -2.19. The van der Waals surface area contributed by atoms with Crippen LogP contribution in [0.3, 0.4) is 0 Å². The minimum Gasteiger partial charge on any atom is -0.485 e. The number of fused-ring (bicyclic) bond motifs is 5. The fourth-order valence-electron chi connectivity index (χ4n) is 3.22. The quantitative estimate of drug-likeness (QED) is 0.535. The normalized spacial score (nSPS) is 24.1. The molecule has 4 rings (SSSR count). The summed E-state index contributed by atoms with van der Waals surface area (Å²) in [5.74, 6) is 1.18. The maximum Gasteiger partial charge on any atom is 0.336 e. The topological polar surface area (TPSA) is 39.4 Å². The van der Waals surface area contributed by atoms with Crippen LogP contribution in [-0.4, -0.2) is 6.10 Å². The molecular weight excluding hydrogens is 240 g/mol. The molecule has 3 nitrogen and oxygen atoms in total. The minimum absolute atomic E-state index is 0.0974. The van der Waals surface area contributed by atoms with E-state index in [0.29, 0.717) is 11.5 Å². The summed E-state index contributed by atoms with van der Waals surface area (Å²) in [6.45, 7) is 1.94. The highest BCUT2D eigenvalue weighted by Crippen LogP contribution is 2.46. The van der Waals surface area contributed by atoms with Gasteiger partial charge in [-0.15, -0.1) is 0 Å². The molecule has 0 unspecified atom stereocenters. The van der Waals surface area contributed by atoms with E-state index in [1.54, 1.807) is 6.07 Å². The van der Waals surface area contributed by atoms with Gasteiger partial charge in [0.25, 0.3) is 0 Å². The Labute approximate surface area is 110 Å². The van der Waals surface area contributed by atoms with Crippen molar-refractivity contribution >= 4 is 11.0 Å². The molecule has 1 aromatic carbocycles. The molecule has 3 heteroatoms. The van der Waals surface area contributed by atoms with E-state index in [1.807, 2.05) is 19.1 Å². The Bertz CT molecular complexity index is 754. The molecule has 0 saturated heterocycles. The van der Waals surface area contributed by atoms with Gasteiger partial charge in [-0.25, -0.2) is 4.79 Å². The largest absolute Gasteiger partial charge is 0.485 e. The highest BCUT2D eigenvalue weighted by molar-refractivity contribution is 5.86. The van der Waals surface area contributed by atoms with Gasteiger partial charge in [0, 0.05) is 22.9 Å². The molecule has 0 saturated carbocycles. The number of benzene rings is 1. The lowest BCUT2D eigenvalue weighted by molar-refractivity contribution is 0.244. The molecule has 2 aromatic rings. The molecule has 1 aromatic heterocycles. The third kappa shape index (κ3) is 1.47.